The van der Waals surface area contributed by atoms with Crippen molar-refractivity contribution in [3.63, 3.8) is 0 Å². The van der Waals surface area contributed by atoms with Crippen LogP contribution in [0.25, 0.3) is 0 Å². The largest absolute Gasteiger partial charge is 0.358 e. The van der Waals surface area contributed by atoms with Crippen LogP contribution in [0.3, 0.4) is 0 Å². The van der Waals surface area contributed by atoms with E-state index in [2.05, 4.69) is 26.1 Å². The number of carbonyl (C=O) groups is 2. The third-order valence-electron chi connectivity index (χ3n) is 2.00. The summed E-state index contributed by atoms with van der Waals surface area (Å²) in [6.45, 7) is 4.42. The van der Waals surface area contributed by atoms with Gasteiger partial charge in [0.1, 0.15) is 27.7 Å². The van der Waals surface area contributed by atoms with Crippen molar-refractivity contribution >= 4 is 39.5 Å². The van der Waals surface area contributed by atoms with Crippen molar-refractivity contribution in [3.05, 3.63) is 10.2 Å². The van der Waals surface area contributed by atoms with Crippen molar-refractivity contribution in [1.29, 1.82) is 0 Å². The van der Waals surface area contributed by atoms with Gasteiger partial charge in [-0.25, -0.2) is 4.99 Å². The van der Waals surface area contributed by atoms with Crippen LogP contribution >= 0.6 is 15.9 Å². The first kappa shape index (κ1) is 12.8. The first-order chi connectivity index (χ1) is 7.43. The van der Waals surface area contributed by atoms with Gasteiger partial charge in [0.25, 0.3) is 0 Å². The lowest BCUT2D eigenvalue weighted by Gasteiger charge is -2.01. The van der Waals surface area contributed by atoms with Crippen molar-refractivity contribution in [2.24, 2.45) is 10.9 Å². The van der Waals surface area contributed by atoms with Gasteiger partial charge < -0.3 is 4.52 Å². The number of hydrogen-bond donors (Lipinski definition) is 0. The van der Waals surface area contributed by atoms with Gasteiger partial charge in [-0.15, -0.1) is 0 Å². The van der Waals surface area contributed by atoms with Crippen LogP contribution in [-0.4, -0.2) is 22.9 Å². The molecule has 0 saturated heterocycles. The van der Waals surface area contributed by atoms with Gasteiger partial charge in [0.05, 0.1) is 0 Å². The summed E-state index contributed by atoms with van der Waals surface area (Å²) in [7, 11) is 0. The van der Waals surface area contributed by atoms with E-state index in [0.29, 0.717) is 16.1 Å². The second-order valence-electron chi connectivity index (χ2n) is 3.35. The molecule has 0 saturated carbocycles. The van der Waals surface area contributed by atoms with Gasteiger partial charge in [-0.3, -0.25) is 9.59 Å². The molecule has 5 nitrogen and oxygen atoms in total. The predicted octanol–water partition coefficient (Wildman–Crippen LogP) is 2.24. The molecule has 0 fully saturated rings. The third kappa shape index (κ3) is 2.85. The van der Waals surface area contributed by atoms with E-state index in [1.54, 1.807) is 6.92 Å². The smallest absolute Gasteiger partial charge is 0.209 e. The minimum atomic E-state index is -0.816. The third-order valence-corrected chi connectivity index (χ3v) is 2.91. The number of halogens is 1. The van der Waals surface area contributed by atoms with Crippen LogP contribution in [-0.2, 0) is 9.59 Å². The molecule has 0 aliphatic heterocycles. The molecule has 16 heavy (non-hydrogen) atoms. The second kappa shape index (κ2) is 5.16. The molecule has 0 spiro atoms. The molecule has 1 heterocycles. The number of nitrogens with zero attached hydrogens (tertiary/aromatic N) is 2. The molecule has 0 radical (unpaired) electrons. The molecular weight excluding hydrogens is 276 g/mol. The van der Waals surface area contributed by atoms with Crippen LogP contribution in [0.1, 0.15) is 19.6 Å². The van der Waals surface area contributed by atoms with Gasteiger partial charge in [-0.2, -0.15) is 0 Å². The van der Waals surface area contributed by atoms with E-state index in [1.165, 1.54) is 20.1 Å². The molecular formula is C10H11BrN2O3. The number of Topliss-reactive ketones (excluding diaryl/α,β-unsaturated/α-hetero) is 2. The van der Waals surface area contributed by atoms with Crippen molar-refractivity contribution < 1.29 is 14.1 Å². The number of rotatable bonds is 4. The zero-order valence-electron chi connectivity index (χ0n) is 9.15. The Morgan fingerprint density at radius 3 is 2.38 bits per heavy atom. The van der Waals surface area contributed by atoms with Crippen LogP contribution in [0.15, 0.2) is 14.0 Å². The SMILES string of the molecule is CC(=O)C(C=Nc1noc(C)c1Br)C(C)=O. The number of ketones is 2. The second-order valence-corrected chi connectivity index (χ2v) is 4.15. The highest BCUT2D eigenvalue weighted by Gasteiger charge is 2.17. The zero-order valence-corrected chi connectivity index (χ0v) is 10.7. The Hall–Kier alpha value is -1.30. The number of aromatic nitrogens is 1. The molecule has 0 aliphatic rings. The molecule has 0 amide bonds. The molecule has 0 aliphatic carbocycles. The fourth-order valence-corrected chi connectivity index (χ4v) is 1.32. The maximum atomic E-state index is 11.1. The minimum Gasteiger partial charge on any atom is -0.358 e. The molecule has 0 aromatic carbocycles. The van der Waals surface area contributed by atoms with Crippen molar-refractivity contribution in [1.82, 2.24) is 5.16 Å². The van der Waals surface area contributed by atoms with E-state index in [-0.39, 0.29) is 11.6 Å². The Bertz CT molecular complexity index is 437. The lowest BCUT2D eigenvalue weighted by molar-refractivity contribution is -0.127. The molecule has 6 heteroatoms. The standard InChI is InChI=1S/C10H11BrN2O3/c1-5(14)8(6(2)15)4-12-10-9(11)7(3)16-13-10/h4,8H,1-3H3. The number of hydrogen-bond acceptors (Lipinski definition) is 5. The van der Waals surface area contributed by atoms with Crippen LogP contribution in [0.4, 0.5) is 5.82 Å². The normalized spacial score (nSPS) is 11.3. The minimum absolute atomic E-state index is 0.243. The van der Waals surface area contributed by atoms with E-state index in [4.69, 9.17) is 4.52 Å². The highest BCUT2D eigenvalue weighted by atomic mass is 79.9. The molecule has 86 valence electrons. The van der Waals surface area contributed by atoms with Gasteiger partial charge in [0, 0.05) is 6.21 Å². The predicted molar refractivity (Wildman–Crippen MR) is 61.9 cm³/mol. The van der Waals surface area contributed by atoms with Crippen molar-refractivity contribution in [2.75, 3.05) is 0 Å². The Kier molecular flexibility index (Phi) is 4.12. The Morgan fingerprint density at radius 2 is 2.00 bits per heavy atom. The molecule has 0 atom stereocenters. The monoisotopic (exact) mass is 286 g/mol. The zero-order chi connectivity index (χ0) is 12.3. The van der Waals surface area contributed by atoms with Crippen LogP contribution < -0.4 is 0 Å². The first-order valence-corrected chi connectivity index (χ1v) is 5.39. The highest BCUT2D eigenvalue weighted by Crippen LogP contribution is 2.27. The van der Waals surface area contributed by atoms with Crippen LogP contribution in [0.2, 0.25) is 0 Å². The quantitative estimate of drug-likeness (QED) is 0.629. The molecule has 0 unspecified atom stereocenters. The van der Waals surface area contributed by atoms with E-state index in [1.807, 2.05) is 0 Å². The van der Waals surface area contributed by atoms with Crippen LogP contribution in [0, 0.1) is 12.8 Å². The van der Waals surface area contributed by atoms with Gasteiger partial charge in [-0.1, -0.05) is 5.16 Å². The summed E-state index contributed by atoms with van der Waals surface area (Å²) in [5, 5.41) is 3.66. The molecule has 1 aromatic rings. The molecule has 1 aromatic heterocycles. The first-order valence-electron chi connectivity index (χ1n) is 4.60. The number of aryl methyl sites for hydroxylation is 1. The summed E-state index contributed by atoms with van der Waals surface area (Å²) in [5.74, 6) is -0.386. The fraction of sp³-hybridized carbons (Fsp3) is 0.400. The Morgan fingerprint density at radius 1 is 1.44 bits per heavy atom. The lowest BCUT2D eigenvalue weighted by atomic mass is 10.0. The summed E-state index contributed by atoms with van der Waals surface area (Å²) < 4.78 is 5.49. The maximum Gasteiger partial charge on any atom is 0.209 e. The fourth-order valence-electron chi connectivity index (χ4n) is 1.07. The van der Waals surface area contributed by atoms with Crippen molar-refractivity contribution in [3.8, 4) is 0 Å². The van der Waals surface area contributed by atoms with E-state index >= 15 is 0 Å². The topological polar surface area (TPSA) is 72.5 Å². The van der Waals surface area contributed by atoms with Crippen molar-refractivity contribution in [2.45, 2.75) is 20.8 Å². The van der Waals surface area contributed by atoms with Gasteiger partial charge >= 0.3 is 0 Å². The number of aliphatic imine (C=N–C) groups is 1. The van der Waals surface area contributed by atoms with E-state index in [9.17, 15) is 9.59 Å². The van der Waals surface area contributed by atoms with Gasteiger partial charge in [0.2, 0.25) is 5.82 Å². The van der Waals surface area contributed by atoms with E-state index in [0.717, 1.165) is 0 Å². The van der Waals surface area contributed by atoms with Crippen LogP contribution in [0.5, 0.6) is 0 Å². The highest BCUT2D eigenvalue weighted by molar-refractivity contribution is 9.10. The summed E-state index contributed by atoms with van der Waals surface area (Å²) in [6.07, 6.45) is 1.28. The molecule has 0 N–H and O–H groups in total. The summed E-state index contributed by atoms with van der Waals surface area (Å²) in [4.78, 5) is 26.2. The maximum absolute atomic E-state index is 11.1. The summed E-state index contributed by atoms with van der Waals surface area (Å²) >= 11 is 3.23. The summed E-state index contributed by atoms with van der Waals surface area (Å²) in [6, 6.07) is 0. The lowest BCUT2D eigenvalue weighted by Crippen LogP contribution is -2.20. The van der Waals surface area contributed by atoms with E-state index < -0.39 is 5.92 Å². The molecule has 0 bridgehead atoms. The Labute approximate surface area is 101 Å². The molecule has 1 rings (SSSR count). The van der Waals surface area contributed by atoms with Gasteiger partial charge in [-0.05, 0) is 36.7 Å². The Balaban J connectivity index is 2.91. The number of carbonyl (C=O) groups excluding carboxylic acids is 2. The average molecular weight is 287 g/mol. The van der Waals surface area contributed by atoms with Gasteiger partial charge in [0.15, 0.2) is 0 Å². The summed E-state index contributed by atoms with van der Waals surface area (Å²) in [5.41, 5.74) is 0. The average Bonchev–Trinajstić information content (AvgIpc) is 2.48.